The molecule has 1 aromatic rings. The molecule has 0 saturated carbocycles. The van der Waals surface area contributed by atoms with E-state index in [-0.39, 0.29) is 6.61 Å². The van der Waals surface area contributed by atoms with Gasteiger partial charge in [-0.2, -0.15) is 0 Å². The van der Waals surface area contributed by atoms with E-state index < -0.39 is 0 Å². The third kappa shape index (κ3) is 1.81. The number of hydrogen-bond donors (Lipinski definition) is 1. The number of hydrogen-bond acceptors (Lipinski definition) is 2. The molecule has 0 atom stereocenters. The highest BCUT2D eigenvalue weighted by Crippen LogP contribution is 2.21. The van der Waals surface area contributed by atoms with Gasteiger partial charge in [-0.3, -0.25) is 0 Å². The fraction of sp³-hybridized carbons (Fsp3) is 0.500. The molecule has 0 bridgehead atoms. The first-order valence-corrected chi connectivity index (χ1v) is 5.20. The summed E-state index contributed by atoms with van der Waals surface area (Å²) in [5, 5.41) is 8.96. The van der Waals surface area contributed by atoms with Crippen LogP contribution in [0.15, 0.2) is 18.2 Å². The van der Waals surface area contributed by atoms with Crippen LogP contribution in [0.25, 0.3) is 0 Å². The Morgan fingerprint density at radius 3 is 3.07 bits per heavy atom. The van der Waals surface area contributed by atoms with Gasteiger partial charge in [0.15, 0.2) is 0 Å². The zero-order chi connectivity index (χ0) is 9.97. The maximum atomic E-state index is 8.96. The van der Waals surface area contributed by atoms with Crippen LogP contribution in [0.1, 0.15) is 16.7 Å². The topological polar surface area (TPSA) is 23.5 Å². The molecule has 1 aliphatic rings. The van der Waals surface area contributed by atoms with Crippen molar-refractivity contribution in [2.24, 2.45) is 0 Å². The van der Waals surface area contributed by atoms with Crippen LogP contribution in [0.2, 0.25) is 0 Å². The quantitative estimate of drug-likeness (QED) is 0.759. The zero-order valence-corrected chi connectivity index (χ0v) is 8.66. The average molecular weight is 191 g/mol. The standard InChI is InChI=1S/C12H17NO/c1-13-7-5-12-10(6-8-14)3-2-4-11(12)9-13/h2-4,14H,5-9H2,1H3. The van der Waals surface area contributed by atoms with Crippen LogP contribution in [-0.4, -0.2) is 30.2 Å². The van der Waals surface area contributed by atoms with Crippen molar-refractivity contribution in [1.29, 1.82) is 0 Å². The van der Waals surface area contributed by atoms with Gasteiger partial charge in [0.25, 0.3) is 0 Å². The summed E-state index contributed by atoms with van der Waals surface area (Å²) < 4.78 is 0. The molecule has 0 fully saturated rings. The Balaban J connectivity index is 2.31. The zero-order valence-electron chi connectivity index (χ0n) is 8.66. The third-order valence-corrected chi connectivity index (χ3v) is 2.93. The van der Waals surface area contributed by atoms with E-state index in [0.29, 0.717) is 0 Å². The molecule has 1 aliphatic heterocycles. The predicted octanol–water partition coefficient (Wildman–Crippen LogP) is 1.21. The Hall–Kier alpha value is -0.860. The Kier molecular flexibility index (Phi) is 2.85. The summed E-state index contributed by atoms with van der Waals surface area (Å²) >= 11 is 0. The lowest BCUT2D eigenvalue weighted by atomic mass is 9.93. The van der Waals surface area contributed by atoms with Gasteiger partial charge >= 0.3 is 0 Å². The van der Waals surface area contributed by atoms with Crippen molar-refractivity contribution in [2.75, 3.05) is 20.2 Å². The highest BCUT2D eigenvalue weighted by molar-refractivity contribution is 5.37. The van der Waals surface area contributed by atoms with Crippen LogP contribution in [0, 0.1) is 0 Å². The van der Waals surface area contributed by atoms with Crippen molar-refractivity contribution >= 4 is 0 Å². The van der Waals surface area contributed by atoms with Crippen LogP contribution in [0.5, 0.6) is 0 Å². The highest BCUT2D eigenvalue weighted by Gasteiger charge is 2.15. The highest BCUT2D eigenvalue weighted by atomic mass is 16.2. The molecule has 0 saturated heterocycles. The molecule has 1 aromatic carbocycles. The number of nitrogens with zero attached hydrogens (tertiary/aromatic N) is 1. The Bertz CT molecular complexity index is 308. The summed E-state index contributed by atoms with van der Waals surface area (Å²) in [6, 6.07) is 6.44. The number of aliphatic hydroxyl groups excluding tert-OH is 1. The minimum absolute atomic E-state index is 0.256. The second-order valence-corrected chi connectivity index (χ2v) is 4.02. The lowest BCUT2D eigenvalue weighted by molar-refractivity contribution is 0.295. The molecule has 0 amide bonds. The molecule has 2 nitrogen and oxygen atoms in total. The molecular weight excluding hydrogens is 174 g/mol. The van der Waals surface area contributed by atoms with Gasteiger partial charge < -0.3 is 10.0 Å². The first-order chi connectivity index (χ1) is 6.81. The molecule has 0 radical (unpaired) electrons. The molecule has 0 aliphatic carbocycles. The fourth-order valence-electron chi connectivity index (χ4n) is 2.18. The van der Waals surface area contributed by atoms with E-state index in [1.54, 1.807) is 0 Å². The number of fused-ring (bicyclic) bond motifs is 1. The van der Waals surface area contributed by atoms with Crippen LogP contribution in [0.4, 0.5) is 0 Å². The smallest absolute Gasteiger partial charge is 0.0471 e. The van der Waals surface area contributed by atoms with E-state index in [1.165, 1.54) is 16.7 Å². The second kappa shape index (κ2) is 4.11. The molecule has 1 N–H and O–H groups in total. The van der Waals surface area contributed by atoms with E-state index in [9.17, 15) is 0 Å². The van der Waals surface area contributed by atoms with Gasteiger partial charge in [-0.05, 0) is 36.6 Å². The van der Waals surface area contributed by atoms with Crippen molar-refractivity contribution in [1.82, 2.24) is 4.90 Å². The van der Waals surface area contributed by atoms with Crippen LogP contribution in [-0.2, 0) is 19.4 Å². The normalized spacial score (nSPS) is 16.7. The summed E-state index contributed by atoms with van der Waals surface area (Å²) in [5.74, 6) is 0. The van der Waals surface area contributed by atoms with E-state index in [2.05, 4.69) is 30.1 Å². The second-order valence-electron chi connectivity index (χ2n) is 4.02. The fourth-order valence-corrected chi connectivity index (χ4v) is 2.18. The van der Waals surface area contributed by atoms with Crippen molar-refractivity contribution < 1.29 is 5.11 Å². The lowest BCUT2D eigenvalue weighted by Crippen LogP contribution is -2.27. The van der Waals surface area contributed by atoms with Crippen molar-refractivity contribution in [3.8, 4) is 0 Å². The summed E-state index contributed by atoms with van der Waals surface area (Å²) in [4.78, 5) is 2.34. The molecule has 14 heavy (non-hydrogen) atoms. The first kappa shape index (κ1) is 9.69. The lowest BCUT2D eigenvalue weighted by Gasteiger charge is -2.26. The number of benzene rings is 1. The number of aliphatic hydroxyl groups is 1. The van der Waals surface area contributed by atoms with E-state index in [1.807, 2.05) is 0 Å². The minimum Gasteiger partial charge on any atom is -0.396 e. The first-order valence-electron chi connectivity index (χ1n) is 5.20. The van der Waals surface area contributed by atoms with Crippen molar-refractivity contribution in [2.45, 2.75) is 19.4 Å². The largest absolute Gasteiger partial charge is 0.396 e. The van der Waals surface area contributed by atoms with Crippen molar-refractivity contribution in [3.05, 3.63) is 34.9 Å². The molecule has 76 valence electrons. The summed E-state index contributed by atoms with van der Waals surface area (Å²) in [7, 11) is 2.15. The number of likely N-dealkylation sites (N-methyl/N-ethyl adjacent to an activating group) is 1. The Morgan fingerprint density at radius 1 is 1.43 bits per heavy atom. The molecule has 2 rings (SSSR count). The van der Waals surface area contributed by atoms with Gasteiger partial charge in [0, 0.05) is 19.7 Å². The summed E-state index contributed by atoms with van der Waals surface area (Å²) in [6.07, 6.45) is 1.93. The molecule has 1 heterocycles. The van der Waals surface area contributed by atoms with Crippen LogP contribution >= 0.6 is 0 Å². The Morgan fingerprint density at radius 2 is 2.29 bits per heavy atom. The van der Waals surface area contributed by atoms with Gasteiger partial charge in [0.2, 0.25) is 0 Å². The van der Waals surface area contributed by atoms with Crippen LogP contribution < -0.4 is 0 Å². The van der Waals surface area contributed by atoms with Gasteiger partial charge in [0.1, 0.15) is 0 Å². The van der Waals surface area contributed by atoms with Crippen LogP contribution in [0.3, 0.4) is 0 Å². The summed E-state index contributed by atoms with van der Waals surface area (Å²) in [6.45, 7) is 2.44. The van der Waals surface area contributed by atoms with Gasteiger partial charge in [-0.1, -0.05) is 18.2 Å². The van der Waals surface area contributed by atoms with E-state index >= 15 is 0 Å². The van der Waals surface area contributed by atoms with Gasteiger partial charge in [-0.15, -0.1) is 0 Å². The predicted molar refractivity (Wildman–Crippen MR) is 57.3 cm³/mol. The maximum absolute atomic E-state index is 8.96. The summed E-state index contributed by atoms with van der Waals surface area (Å²) in [5.41, 5.74) is 4.24. The monoisotopic (exact) mass is 191 g/mol. The Labute approximate surface area is 85.2 Å². The molecule has 0 spiro atoms. The molecule has 0 aromatic heterocycles. The van der Waals surface area contributed by atoms with E-state index in [4.69, 9.17) is 5.11 Å². The van der Waals surface area contributed by atoms with Crippen molar-refractivity contribution in [3.63, 3.8) is 0 Å². The molecular formula is C12H17NO. The van der Waals surface area contributed by atoms with Gasteiger partial charge in [0.05, 0.1) is 0 Å². The minimum atomic E-state index is 0.256. The van der Waals surface area contributed by atoms with Gasteiger partial charge in [-0.25, -0.2) is 0 Å². The van der Waals surface area contributed by atoms with E-state index in [0.717, 1.165) is 25.9 Å². The number of rotatable bonds is 2. The third-order valence-electron chi connectivity index (χ3n) is 2.93. The SMILES string of the molecule is CN1CCc2c(CCO)cccc2C1. The molecule has 0 unspecified atom stereocenters. The average Bonchev–Trinajstić information content (AvgIpc) is 2.18. The molecule has 2 heteroatoms. The maximum Gasteiger partial charge on any atom is 0.0471 e.